The number of nitro benzene ring substituents is 1. The third kappa shape index (κ3) is 2.37. The molecule has 0 radical (unpaired) electrons. The first kappa shape index (κ1) is 14.0. The Morgan fingerprint density at radius 1 is 1.50 bits per heavy atom. The lowest BCUT2D eigenvalue weighted by atomic mass is 10.1. The zero-order chi connectivity index (χ0) is 15.7. The van der Waals surface area contributed by atoms with Crippen LogP contribution in [0.4, 0.5) is 11.4 Å². The maximum Gasteiger partial charge on any atom is 0.270 e. The summed E-state index contributed by atoms with van der Waals surface area (Å²) >= 11 is 0. The Kier molecular flexibility index (Phi) is 3.47. The molecule has 0 amide bonds. The summed E-state index contributed by atoms with van der Waals surface area (Å²) < 4.78 is 2.08. The number of fused-ring (bicyclic) bond motifs is 1. The molecule has 3 rings (SSSR count). The van der Waals surface area contributed by atoms with Gasteiger partial charge in [0.15, 0.2) is 5.82 Å². The molecule has 1 aliphatic rings. The topological polar surface area (TPSA) is 110 Å². The molecule has 2 aromatic rings. The second-order valence-electron chi connectivity index (χ2n) is 5.19. The van der Waals surface area contributed by atoms with Gasteiger partial charge in [-0.1, -0.05) is 0 Å². The quantitative estimate of drug-likeness (QED) is 0.684. The van der Waals surface area contributed by atoms with Gasteiger partial charge in [-0.2, -0.15) is 5.26 Å². The number of hydrogen-bond acceptors (Lipinski definition) is 6. The second kappa shape index (κ2) is 5.44. The third-order valence-corrected chi connectivity index (χ3v) is 3.73. The minimum atomic E-state index is -0.514. The van der Waals surface area contributed by atoms with E-state index < -0.39 is 4.92 Å². The van der Waals surface area contributed by atoms with Gasteiger partial charge in [-0.15, -0.1) is 10.2 Å². The van der Waals surface area contributed by atoms with E-state index in [1.165, 1.54) is 12.1 Å². The zero-order valence-electron chi connectivity index (χ0n) is 12.0. The van der Waals surface area contributed by atoms with E-state index in [1.54, 1.807) is 6.07 Å². The summed E-state index contributed by atoms with van der Waals surface area (Å²) in [6.07, 6.45) is 1.99. The Bertz CT molecular complexity index is 776. The molecule has 1 atom stereocenters. The maximum absolute atomic E-state index is 10.8. The number of rotatable bonds is 4. The van der Waals surface area contributed by atoms with E-state index in [-0.39, 0.29) is 17.3 Å². The van der Waals surface area contributed by atoms with Crippen molar-refractivity contribution < 1.29 is 4.92 Å². The standard InChI is InChI=1S/C14H14N6O2/c1-9(14-18-17-13-3-2-6-19(13)14)16-12-5-4-11(20(21)22)7-10(12)8-15/h4-5,7,9,16H,2-3,6H2,1H3/t9-/m0/s1. The van der Waals surface area contributed by atoms with Crippen molar-refractivity contribution in [3.05, 3.63) is 45.5 Å². The molecule has 0 fully saturated rings. The smallest absolute Gasteiger partial charge is 0.270 e. The van der Waals surface area contributed by atoms with Crippen molar-refractivity contribution in [1.29, 1.82) is 5.26 Å². The van der Waals surface area contributed by atoms with Crippen LogP contribution in [0.25, 0.3) is 0 Å². The minimum Gasteiger partial charge on any atom is -0.374 e. The summed E-state index contributed by atoms with van der Waals surface area (Å²) in [6, 6.07) is 6.03. The number of benzene rings is 1. The molecule has 0 unspecified atom stereocenters. The van der Waals surface area contributed by atoms with Crippen LogP contribution < -0.4 is 5.32 Å². The van der Waals surface area contributed by atoms with Crippen LogP contribution in [0.3, 0.4) is 0 Å². The maximum atomic E-state index is 10.8. The Hall–Kier alpha value is -2.95. The molecule has 0 aliphatic carbocycles. The summed E-state index contributed by atoms with van der Waals surface area (Å²) in [5.41, 5.74) is 0.691. The number of aromatic nitrogens is 3. The van der Waals surface area contributed by atoms with Crippen LogP contribution in [0.5, 0.6) is 0 Å². The van der Waals surface area contributed by atoms with Crippen molar-refractivity contribution in [3.63, 3.8) is 0 Å². The van der Waals surface area contributed by atoms with E-state index >= 15 is 0 Å². The van der Waals surface area contributed by atoms with Gasteiger partial charge in [0, 0.05) is 25.1 Å². The lowest BCUT2D eigenvalue weighted by Crippen LogP contribution is -2.14. The van der Waals surface area contributed by atoms with Gasteiger partial charge in [0.1, 0.15) is 11.9 Å². The van der Waals surface area contributed by atoms with Crippen LogP contribution in [0.2, 0.25) is 0 Å². The lowest BCUT2D eigenvalue weighted by Gasteiger charge is -2.16. The molecule has 0 saturated heterocycles. The highest BCUT2D eigenvalue weighted by atomic mass is 16.6. The van der Waals surface area contributed by atoms with Gasteiger partial charge >= 0.3 is 0 Å². The van der Waals surface area contributed by atoms with Crippen molar-refractivity contribution in [1.82, 2.24) is 14.8 Å². The number of hydrogen-bond donors (Lipinski definition) is 1. The van der Waals surface area contributed by atoms with Crippen LogP contribution >= 0.6 is 0 Å². The largest absolute Gasteiger partial charge is 0.374 e. The molecule has 1 aromatic carbocycles. The van der Waals surface area contributed by atoms with E-state index in [4.69, 9.17) is 0 Å². The predicted octanol–water partition coefficient (Wildman–Crippen LogP) is 2.18. The molecular weight excluding hydrogens is 284 g/mol. The Morgan fingerprint density at radius 3 is 3.05 bits per heavy atom. The molecule has 0 saturated carbocycles. The second-order valence-corrected chi connectivity index (χ2v) is 5.19. The predicted molar refractivity (Wildman–Crippen MR) is 78.2 cm³/mol. The van der Waals surface area contributed by atoms with Crippen molar-refractivity contribution in [3.8, 4) is 6.07 Å². The molecule has 1 aromatic heterocycles. The summed E-state index contributed by atoms with van der Waals surface area (Å²) in [5, 5.41) is 31.5. The third-order valence-electron chi connectivity index (χ3n) is 3.73. The normalized spacial score (nSPS) is 14.2. The highest BCUT2D eigenvalue weighted by Gasteiger charge is 2.22. The van der Waals surface area contributed by atoms with Gasteiger partial charge in [-0.3, -0.25) is 10.1 Å². The summed E-state index contributed by atoms with van der Waals surface area (Å²) in [4.78, 5) is 10.3. The molecule has 8 nitrogen and oxygen atoms in total. The van der Waals surface area contributed by atoms with Gasteiger partial charge in [0.2, 0.25) is 0 Å². The van der Waals surface area contributed by atoms with Crippen LogP contribution in [0, 0.1) is 21.4 Å². The highest BCUT2D eigenvalue weighted by molar-refractivity contribution is 5.61. The number of nitriles is 1. The molecule has 112 valence electrons. The fourth-order valence-corrected chi connectivity index (χ4v) is 2.66. The van der Waals surface area contributed by atoms with Gasteiger partial charge in [-0.05, 0) is 19.4 Å². The zero-order valence-corrected chi connectivity index (χ0v) is 12.0. The van der Waals surface area contributed by atoms with Crippen LogP contribution in [-0.4, -0.2) is 19.7 Å². The molecular formula is C14H14N6O2. The van der Waals surface area contributed by atoms with Crippen molar-refractivity contribution in [2.24, 2.45) is 0 Å². The van der Waals surface area contributed by atoms with Crippen molar-refractivity contribution in [2.45, 2.75) is 32.4 Å². The molecule has 1 aliphatic heterocycles. The molecule has 1 N–H and O–H groups in total. The first-order chi connectivity index (χ1) is 10.6. The molecule has 0 bridgehead atoms. The van der Waals surface area contributed by atoms with E-state index in [9.17, 15) is 15.4 Å². The van der Waals surface area contributed by atoms with Gasteiger partial charge in [-0.25, -0.2) is 0 Å². The monoisotopic (exact) mass is 298 g/mol. The lowest BCUT2D eigenvalue weighted by molar-refractivity contribution is -0.384. The summed E-state index contributed by atoms with van der Waals surface area (Å²) in [7, 11) is 0. The Labute approximate surface area is 126 Å². The fourth-order valence-electron chi connectivity index (χ4n) is 2.66. The number of non-ortho nitro benzene ring substituents is 1. The van der Waals surface area contributed by atoms with Crippen LogP contribution in [0.15, 0.2) is 18.2 Å². The SMILES string of the molecule is C[C@H](Nc1ccc([N+](=O)[O-])cc1C#N)c1nnc2n1CCC2. The van der Waals surface area contributed by atoms with Gasteiger partial charge in [0.25, 0.3) is 5.69 Å². The summed E-state index contributed by atoms with van der Waals surface area (Å²) in [5.74, 6) is 1.79. The number of nitro groups is 1. The van der Waals surface area contributed by atoms with Crippen molar-refractivity contribution >= 4 is 11.4 Å². The van der Waals surface area contributed by atoms with Crippen LogP contribution in [0.1, 0.15) is 36.6 Å². The van der Waals surface area contributed by atoms with E-state index in [2.05, 4.69) is 20.1 Å². The average Bonchev–Trinajstić information content (AvgIpc) is 3.09. The number of aryl methyl sites for hydroxylation is 1. The number of nitrogens with zero attached hydrogens (tertiary/aromatic N) is 5. The van der Waals surface area contributed by atoms with E-state index in [0.29, 0.717) is 5.69 Å². The van der Waals surface area contributed by atoms with Gasteiger partial charge < -0.3 is 9.88 Å². The first-order valence-electron chi connectivity index (χ1n) is 6.97. The molecule has 22 heavy (non-hydrogen) atoms. The minimum absolute atomic E-state index is 0.0990. The molecule has 8 heteroatoms. The Morgan fingerprint density at radius 2 is 2.32 bits per heavy atom. The number of anilines is 1. The highest BCUT2D eigenvalue weighted by Crippen LogP contribution is 2.26. The fraction of sp³-hybridized carbons (Fsp3) is 0.357. The van der Waals surface area contributed by atoms with Gasteiger partial charge in [0.05, 0.1) is 22.2 Å². The summed E-state index contributed by atoms with van der Waals surface area (Å²) in [6.45, 7) is 2.83. The molecule has 2 heterocycles. The first-order valence-corrected chi connectivity index (χ1v) is 6.97. The van der Waals surface area contributed by atoms with Crippen molar-refractivity contribution in [2.75, 3.05) is 5.32 Å². The number of nitrogens with one attached hydrogen (secondary N) is 1. The molecule has 0 spiro atoms. The van der Waals surface area contributed by atoms with E-state index in [0.717, 1.165) is 31.0 Å². The average molecular weight is 298 g/mol. The Balaban J connectivity index is 1.86. The van der Waals surface area contributed by atoms with Crippen LogP contribution in [-0.2, 0) is 13.0 Å². The van der Waals surface area contributed by atoms with E-state index in [1.807, 2.05) is 13.0 Å².